The van der Waals surface area contributed by atoms with Crippen molar-refractivity contribution in [3.05, 3.63) is 70.3 Å². The Balaban J connectivity index is 1.38. The Hall–Kier alpha value is -2.58. The number of piperidine rings is 1. The minimum Gasteiger partial charge on any atom is -0.337 e. The van der Waals surface area contributed by atoms with Crippen molar-refractivity contribution in [2.24, 2.45) is 5.92 Å². The van der Waals surface area contributed by atoms with Crippen LogP contribution < -0.4 is 9.62 Å². The van der Waals surface area contributed by atoms with Crippen molar-refractivity contribution in [1.82, 2.24) is 10.2 Å². The van der Waals surface area contributed by atoms with Crippen LogP contribution in [0.2, 0.25) is 0 Å². The van der Waals surface area contributed by atoms with Gasteiger partial charge in [0.1, 0.15) is 0 Å². The van der Waals surface area contributed by atoms with E-state index < -0.39 is 4.92 Å². The van der Waals surface area contributed by atoms with Crippen molar-refractivity contribution < 1.29 is 9.72 Å². The number of nitro groups is 1. The largest absolute Gasteiger partial charge is 0.337 e. The molecule has 1 N–H and O–H groups in total. The molecule has 154 valence electrons. The molecule has 2 aromatic rings. The number of carbonyl (C=O) groups is 1. The van der Waals surface area contributed by atoms with E-state index in [1.54, 1.807) is 6.07 Å². The van der Waals surface area contributed by atoms with E-state index in [9.17, 15) is 14.9 Å². The molecule has 0 spiro atoms. The van der Waals surface area contributed by atoms with Crippen LogP contribution in [0.4, 0.5) is 16.2 Å². The first-order valence-corrected chi connectivity index (χ1v) is 10.2. The molecule has 7 nitrogen and oxygen atoms in total. The van der Waals surface area contributed by atoms with E-state index in [4.69, 9.17) is 0 Å². The van der Waals surface area contributed by atoms with Gasteiger partial charge in [-0.25, -0.2) is 9.10 Å². The van der Waals surface area contributed by atoms with Crippen LogP contribution in [-0.4, -0.2) is 35.5 Å². The number of nitrogens with one attached hydrogen (secondary N) is 1. The molecule has 0 radical (unpaired) electrons. The van der Waals surface area contributed by atoms with Gasteiger partial charge in [0.25, 0.3) is 5.69 Å². The predicted molar refractivity (Wildman–Crippen MR) is 117 cm³/mol. The Morgan fingerprint density at radius 2 is 1.90 bits per heavy atom. The molecule has 0 aromatic heterocycles. The average molecular weight is 415 g/mol. The molecule has 2 amide bonds. The Bertz CT molecular complexity index is 826. The maximum atomic E-state index is 12.3. The predicted octanol–water partition coefficient (Wildman–Crippen LogP) is 4.26. The van der Waals surface area contributed by atoms with Gasteiger partial charge < -0.3 is 5.32 Å². The molecule has 0 aliphatic carbocycles. The minimum atomic E-state index is -0.493. The number of likely N-dealkylation sites (tertiary alicyclic amines) is 1. The molecule has 1 saturated heterocycles. The number of rotatable bonds is 7. The summed E-state index contributed by atoms with van der Waals surface area (Å²) < 4.78 is 1.11. The van der Waals surface area contributed by atoms with Crippen LogP contribution >= 0.6 is 12.8 Å². The normalized spacial score (nSPS) is 15.1. The number of nitro benzene ring substituents is 1. The highest BCUT2D eigenvalue weighted by atomic mass is 32.1. The second-order valence-corrected chi connectivity index (χ2v) is 7.71. The molecule has 1 heterocycles. The van der Waals surface area contributed by atoms with E-state index in [0.29, 0.717) is 18.2 Å². The van der Waals surface area contributed by atoms with E-state index in [1.165, 1.54) is 23.8 Å². The smallest absolute Gasteiger partial charge is 0.331 e. The van der Waals surface area contributed by atoms with E-state index >= 15 is 0 Å². The van der Waals surface area contributed by atoms with Crippen LogP contribution in [0.15, 0.2) is 54.6 Å². The maximum Gasteiger partial charge on any atom is 0.331 e. The zero-order valence-corrected chi connectivity index (χ0v) is 17.1. The van der Waals surface area contributed by atoms with Crippen molar-refractivity contribution in [2.75, 3.05) is 23.9 Å². The summed E-state index contributed by atoms with van der Waals surface area (Å²) in [4.78, 5) is 25.1. The lowest BCUT2D eigenvalue weighted by molar-refractivity contribution is -0.384. The SMILES string of the molecule is O=C(NCCC1CCN(Cc2ccccc2)CC1)N(S)c1cccc([N+](=O)[O-])c1. The van der Waals surface area contributed by atoms with Crippen LogP contribution in [-0.2, 0) is 6.54 Å². The number of hydrogen-bond acceptors (Lipinski definition) is 5. The number of thiol groups is 1. The third-order valence-corrected chi connectivity index (χ3v) is 5.68. The molecular weight excluding hydrogens is 388 g/mol. The standard InChI is InChI=1S/C21H26N4O3S/c26-21(24(29)19-7-4-8-20(15-19)25(27)28)22-12-9-17-10-13-23(14-11-17)16-18-5-2-1-3-6-18/h1-8,15,17,29H,9-14,16H2,(H,22,26). The van der Waals surface area contributed by atoms with Gasteiger partial charge in [-0.15, -0.1) is 0 Å². The number of hydrogen-bond donors (Lipinski definition) is 2. The number of amides is 2. The number of anilines is 1. The van der Waals surface area contributed by atoms with Gasteiger partial charge in [0.2, 0.25) is 0 Å². The van der Waals surface area contributed by atoms with Gasteiger partial charge in [-0.05, 0) is 49.9 Å². The fourth-order valence-electron chi connectivity index (χ4n) is 3.59. The highest BCUT2D eigenvalue weighted by molar-refractivity contribution is 7.82. The average Bonchev–Trinajstić information content (AvgIpc) is 2.75. The molecule has 1 aliphatic rings. The molecule has 8 heteroatoms. The molecule has 0 unspecified atom stereocenters. The lowest BCUT2D eigenvalue weighted by Gasteiger charge is -2.32. The van der Waals surface area contributed by atoms with Crippen LogP contribution in [0.3, 0.4) is 0 Å². The van der Waals surface area contributed by atoms with E-state index in [-0.39, 0.29) is 11.7 Å². The highest BCUT2D eigenvalue weighted by Gasteiger charge is 2.20. The Morgan fingerprint density at radius 3 is 2.59 bits per heavy atom. The fraction of sp³-hybridized carbons (Fsp3) is 0.381. The third-order valence-electron chi connectivity index (χ3n) is 5.26. The lowest BCUT2D eigenvalue weighted by atomic mass is 9.93. The number of carbonyl (C=O) groups excluding carboxylic acids is 1. The van der Waals surface area contributed by atoms with Gasteiger partial charge in [-0.3, -0.25) is 15.0 Å². The van der Waals surface area contributed by atoms with Crippen LogP contribution in [0.5, 0.6) is 0 Å². The lowest BCUT2D eigenvalue weighted by Crippen LogP contribution is -2.37. The van der Waals surface area contributed by atoms with Crippen molar-refractivity contribution in [2.45, 2.75) is 25.8 Å². The zero-order chi connectivity index (χ0) is 20.6. The monoisotopic (exact) mass is 414 g/mol. The second-order valence-electron chi connectivity index (χ2n) is 7.31. The van der Waals surface area contributed by atoms with Gasteiger partial charge in [-0.2, -0.15) is 0 Å². The summed E-state index contributed by atoms with van der Waals surface area (Å²) in [5.41, 5.74) is 1.64. The summed E-state index contributed by atoms with van der Waals surface area (Å²) in [6.45, 7) is 3.69. The topological polar surface area (TPSA) is 78.7 Å². The van der Waals surface area contributed by atoms with Crippen molar-refractivity contribution in [3.8, 4) is 0 Å². The third kappa shape index (κ3) is 6.20. The molecule has 0 bridgehead atoms. The van der Waals surface area contributed by atoms with Crippen LogP contribution in [0.1, 0.15) is 24.8 Å². The van der Waals surface area contributed by atoms with Crippen molar-refractivity contribution >= 4 is 30.2 Å². The maximum absolute atomic E-state index is 12.3. The van der Waals surface area contributed by atoms with Gasteiger partial charge in [0.15, 0.2) is 0 Å². The zero-order valence-electron chi connectivity index (χ0n) is 16.2. The first-order valence-electron chi connectivity index (χ1n) is 9.80. The van der Waals surface area contributed by atoms with E-state index in [0.717, 1.165) is 43.2 Å². The van der Waals surface area contributed by atoms with Gasteiger partial charge in [-0.1, -0.05) is 49.2 Å². The van der Waals surface area contributed by atoms with Crippen molar-refractivity contribution in [1.29, 1.82) is 0 Å². The van der Waals surface area contributed by atoms with Gasteiger partial charge >= 0.3 is 6.03 Å². The summed E-state index contributed by atoms with van der Waals surface area (Å²) in [5, 5.41) is 13.7. The molecule has 2 aromatic carbocycles. The summed E-state index contributed by atoms with van der Waals surface area (Å²) in [7, 11) is 0. The molecule has 0 saturated carbocycles. The van der Waals surface area contributed by atoms with Crippen LogP contribution in [0.25, 0.3) is 0 Å². The number of urea groups is 1. The first-order chi connectivity index (χ1) is 14.0. The van der Waals surface area contributed by atoms with Gasteiger partial charge in [0, 0.05) is 25.2 Å². The highest BCUT2D eigenvalue weighted by Crippen LogP contribution is 2.23. The summed E-state index contributed by atoms with van der Waals surface area (Å²) >= 11 is 4.18. The Kier molecular flexibility index (Phi) is 7.48. The van der Waals surface area contributed by atoms with E-state index in [1.807, 2.05) is 6.07 Å². The second kappa shape index (κ2) is 10.3. The molecule has 29 heavy (non-hydrogen) atoms. The molecular formula is C21H26N4O3S. The first kappa shape index (κ1) is 21.1. The summed E-state index contributed by atoms with van der Waals surface area (Å²) in [5.74, 6) is 0.591. The fourth-order valence-corrected chi connectivity index (χ4v) is 3.78. The molecule has 3 rings (SSSR count). The number of benzene rings is 2. The minimum absolute atomic E-state index is 0.0726. The summed E-state index contributed by atoms with van der Waals surface area (Å²) in [6.07, 6.45) is 3.16. The number of nitrogens with zero attached hydrogens (tertiary/aromatic N) is 3. The molecule has 0 atom stereocenters. The quantitative estimate of drug-likeness (QED) is 0.403. The summed E-state index contributed by atoms with van der Waals surface area (Å²) in [6, 6.07) is 16.0. The van der Waals surface area contributed by atoms with Crippen molar-refractivity contribution in [3.63, 3.8) is 0 Å². The van der Waals surface area contributed by atoms with Gasteiger partial charge in [0.05, 0.1) is 10.6 Å². The Morgan fingerprint density at radius 1 is 1.17 bits per heavy atom. The molecule has 1 aliphatic heterocycles. The van der Waals surface area contributed by atoms with Crippen LogP contribution in [0, 0.1) is 16.0 Å². The number of non-ortho nitro benzene ring substituents is 1. The molecule has 1 fully saturated rings. The Labute approximate surface area is 176 Å². The van der Waals surface area contributed by atoms with E-state index in [2.05, 4.69) is 47.3 Å².